The third-order valence-corrected chi connectivity index (χ3v) is 3.68. The lowest BCUT2D eigenvalue weighted by molar-refractivity contribution is -0.121. The number of amides is 2. The summed E-state index contributed by atoms with van der Waals surface area (Å²) in [5.41, 5.74) is 7.00. The fourth-order valence-electron chi connectivity index (χ4n) is 2.46. The van der Waals surface area contributed by atoms with Crippen molar-refractivity contribution in [3.63, 3.8) is 0 Å². The summed E-state index contributed by atoms with van der Waals surface area (Å²) in [6.45, 7) is 6.66. The van der Waals surface area contributed by atoms with E-state index in [0.717, 1.165) is 11.1 Å². The zero-order chi connectivity index (χ0) is 18.9. The number of hydrogen-bond acceptors (Lipinski definition) is 4. The molecule has 0 saturated carbocycles. The van der Waals surface area contributed by atoms with Crippen LogP contribution in [0.3, 0.4) is 0 Å². The molecular formula is C20H24N2O4. The number of nitrogens with one attached hydrogen (secondary N) is 2. The minimum Gasteiger partial charge on any atom is -0.490 e. The fourth-order valence-corrected chi connectivity index (χ4v) is 2.46. The second-order valence-electron chi connectivity index (χ2n) is 5.64. The Kier molecular flexibility index (Phi) is 7.02. The van der Waals surface area contributed by atoms with Crippen molar-refractivity contribution in [3.8, 4) is 11.5 Å². The van der Waals surface area contributed by atoms with E-state index < -0.39 is 0 Å². The Bertz CT molecular complexity index is 774. The molecule has 0 heterocycles. The summed E-state index contributed by atoms with van der Waals surface area (Å²) in [6, 6.07) is 12.5. The van der Waals surface area contributed by atoms with Gasteiger partial charge in [-0.05, 0) is 50.1 Å². The summed E-state index contributed by atoms with van der Waals surface area (Å²) in [5, 5.41) is 0. The molecule has 26 heavy (non-hydrogen) atoms. The van der Waals surface area contributed by atoms with Crippen LogP contribution in [0, 0.1) is 6.92 Å². The molecule has 0 aromatic heterocycles. The summed E-state index contributed by atoms with van der Waals surface area (Å²) >= 11 is 0. The summed E-state index contributed by atoms with van der Waals surface area (Å²) in [6.07, 6.45) is 0.112. The van der Waals surface area contributed by atoms with Crippen molar-refractivity contribution in [2.24, 2.45) is 0 Å². The van der Waals surface area contributed by atoms with Crippen LogP contribution in [0.1, 0.15) is 35.3 Å². The first-order chi connectivity index (χ1) is 12.5. The summed E-state index contributed by atoms with van der Waals surface area (Å²) in [4.78, 5) is 24.2. The lowest BCUT2D eigenvalue weighted by Crippen LogP contribution is -2.42. The third kappa shape index (κ3) is 5.24. The van der Waals surface area contributed by atoms with E-state index in [9.17, 15) is 9.59 Å². The van der Waals surface area contributed by atoms with Crippen LogP contribution in [0.2, 0.25) is 0 Å². The van der Waals surface area contributed by atoms with E-state index in [4.69, 9.17) is 9.47 Å². The number of carbonyl (C=O) groups is 2. The molecule has 0 unspecified atom stereocenters. The fraction of sp³-hybridized carbons (Fsp3) is 0.300. The summed E-state index contributed by atoms with van der Waals surface area (Å²) in [5.74, 6) is 0.576. The first kappa shape index (κ1) is 19.3. The maximum absolute atomic E-state index is 12.1. The summed E-state index contributed by atoms with van der Waals surface area (Å²) in [7, 11) is 0. The lowest BCUT2D eigenvalue weighted by Gasteiger charge is -2.13. The average Bonchev–Trinajstić information content (AvgIpc) is 2.62. The highest BCUT2D eigenvalue weighted by molar-refractivity contribution is 5.96. The van der Waals surface area contributed by atoms with Crippen molar-refractivity contribution >= 4 is 11.8 Å². The van der Waals surface area contributed by atoms with Gasteiger partial charge in [0, 0.05) is 5.56 Å². The number of ether oxygens (including phenoxy) is 2. The van der Waals surface area contributed by atoms with Gasteiger partial charge >= 0.3 is 0 Å². The molecule has 6 nitrogen and oxygen atoms in total. The second kappa shape index (κ2) is 9.46. The Morgan fingerprint density at radius 3 is 2.31 bits per heavy atom. The first-order valence-electron chi connectivity index (χ1n) is 8.58. The van der Waals surface area contributed by atoms with E-state index in [0.29, 0.717) is 30.3 Å². The second-order valence-corrected chi connectivity index (χ2v) is 5.64. The quantitative estimate of drug-likeness (QED) is 0.748. The van der Waals surface area contributed by atoms with Gasteiger partial charge in [-0.25, -0.2) is 0 Å². The topological polar surface area (TPSA) is 76.7 Å². The van der Waals surface area contributed by atoms with Crippen LogP contribution in [0.5, 0.6) is 11.5 Å². The maximum Gasteiger partial charge on any atom is 0.269 e. The zero-order valence-corrected chi connectivity index (χ0v) is 15.3. The molecule has 0 spiro atoms. The molecular weight excluding hydrogens is 332 g/mol. The van der Waals surface area contributed by atoms with Crippen LogP contribution >= 0.6 is 0 Å². The van der Waals surface area contributed by atoms with Crippen LogP contribution in [-0.2, 0) is 11.2 Å². The molecule has 0 aliphatic carbocycles. The van der Waals surface area contributed by atoms with Gasteiger partial charge in [0.1, 0.15) is 0 Å². The van der Waals surface area contributed by atoms with E-state index in [1.807, 2.05) is 32.9 Å². The molecule has 0 bridgehead atoms. The largest absolute Gasteiger partial charge is 0.490 e. The molecule has 6 heteroatoms. The Hall–Kier alpha value is -3.02. The minimum atomic E-state index is -0.349. The number of aryl methyl sites for hydroxylation is 1. The SMILES string of the molecule is CCOc1ccc(CC(=O)NNC(=O)c2ccccc2C)cc1OCC. The van der Waals surface area contributed by atoms with Crippen LogP contribution in [0.25, 0.3) is 0 Å². The molecule has 0 saturated heterocycles. The Morgan fingerprint density at radius 2 is 1.62 bits per heavy atom. The molecule has 2 aromatic rings. The lowest BCUT2D eigenvalue weighted by atomic mass is 10.1. The molecule has 0 aliphatic rings. The molecule has 0 fully saturated rings. The van der Waals surface area contributed by atoms with Crippen LogP contribution in [-0.4, -0.2) is 25.0 Å². The summed E-state index contributed by atoms with van der Waals surface area (Å²) < 4.78 is 11.1. The van der Waals surface area contributed by atoms with Gasteiger partial charge in [-0.15, -0.1) is 0 Å². The molecule has 2 aromatic carbocycles. The van der Waals surface area contributed by atoms with Crippen LogP contribution in [0.4, 0.5) is 0 Å². The van der Waals surface area contributed by atoms with Crippen molar-refractivity contribution in [1.82, 2.24) is 10.9 Å². The Balaban J connectivity index is 1.96. The van der Waals surface area contributed by atoms with Gasteiger partial charge in [0.15, 0.2) is 11.5 Å². The highest BCUT2D eigenvalue weighted by atomic mass is 16.5. The number of carbonyl (C=O) groups excluding carboxylic acids is 2. The van der Waals surface area contributed by atoms with Crippen LogP contribution in [0.15, 0.2) is 42.5 Å². The monoisotopic (exact) mass is 356 g/mol. The zero-order valence-electron chi connectivity index (χ0n) is 15.3. The van der Waals surface area contributed by atoms with Gasteiger partial charge in [0.2, 0.25) is 5.91 Å². The van der Waals surface area contributed by atoms with E-state index >= 15 is 0 Å². The number of hydrazine groups is 1. The predicted molar refractivity (Wildman–Crippen MR) is 99.3 cm³/mol. The molecule has 2 rings (SSSR count). The van der Waals surface area contributed by atoms with E-state index in [2.05, 4.69) is 10.9 Å². The van der Waals surface area contributed by atoms with E-state index in [1.165, 1.54) is 0 Å². The molecule has 2 amide bonds. The van der Waals surface area contributed by atoms with Crippen molar-refractivity contribution < 1.29 is 19.1 Å². The van der Waals surface area contributed by atoms with Crippen LogP contribution < -0.4 is 20.3 Å². The van der Waals surface area contributed by atoms with Crippen molar-refractivity contribution in [2.75, 3.05) is 13.2 Å². The van der Waals surface area contributed by atoms with Crippen molar-refractivity contribution in [2.45, 2.75) is 27.2 Å². The Morgan fingerprint density at radius 1 is 0.923 bits per heavy atom. The smallest absolute Gasteiger partial charge is 0.269 e. The standard InChI is InChI=1S/C20H24N2O4/c1-4-25-17-11-10-15(12-18(17)26-5-2)13-19(23)21-22-20(24)16-9-7-6-8-14(16)3/h6-12H,4-5,13H2,1-3H3,(H,21,23)(H,22,24). The van der Waals surface area contributed by atoms with Gasteiger partial charge in [-0.2, -0.15) is 0 Å². The average molecular weight is 356 g/mol. The van der Waals surface area contributed by atoms with E-state index in [1.54, 1.807) is 30.3 Å². The maximum atomic E-state index is 12.1. The highest BCUT2D eigenvalue weighted by Crippen LogP contribution is 2.28. The number of hydrogen-bond donors (Lipinski definition) is 2. The number of benzene rings is 2. The van der Waals surface area contributed by atoms with Gasteiger partial charge in [-0.3, -0.25) is 20.4 Å². The molecule has 138 valence electrons. The predicted octanol–water partition coefficient (Wildman–Crippen LogP) is 2.80. The van der Waals surface area contributed by atoms with Gasteiger partial charge in [-0.1, -0.05) is 24.3 Å². The normalized spacial score (nSPS) is 10.1. The van der Waals surface area contributed by atoms with Gasteiger partial charge in [0.25, 0.3) is 5.91 Å². The molecule has 0 radical (unpaired) electrons. The molecule has 2 N–H and O–H groups in total. The van der Waals surface area contributed by atoms with Crippen molar-refractivity contribution in [1.29, 1.82) is 0 Å². The van der Waals surface area contributed by atoms with Gasteiger partial charge in [0.05, 0.1) is 19.6 Å². The third-order valence-electron chi connectivity index (χ3n) is 3.68. The number of rotatable bonds is 7. The molecule has 0 atom stereocenters. The minimum absolute atomic E-state index is 0.112. The first-order valence-corrected chi connectivity index (χ1v) is 8.58. The Labute approximate surface area is 153 Å². The van der Waals surface area contributed by atoms with Gasteiger partial charge < -0.3 is 9.47 Å². The molecule has 0 aliphatic heterocycles. The highest BCUT2D eigenvalue weighted by Gasteiger charge is 2.12. The van der Waals surface area contributed by atoms with E-state index in [-0.39, 0.29) is 18.2 Å². The van der Waals surface area contributed by atoms with Crippen molar-refractivity contribution in [3.05, 3.63) is 59.2 Å².